The number of piperidine rings is 2. The minimum absolute atomic E-state index is 0.0230. The molecule has 0 bridgehead atoms. The molecular weight excluding hydrogens is 321 g/mol. The maximum absolute atomic E-state index is 15.4. The third-order valence-electron chi connectivity index (χ3n) is 6.21. The molecule has 2 aliphatic heterocycles. The van der Waals surface area contributed by atoms with E-state index in [9.17, 15) is 10.5 Å². The average Bonchev–Trinajstić information content (AvgIpc) is 2.43. The van der Waals surface area contributed by atoms with Crippen LogP contribution < -0.4 is 0 Å². The molecule has 0 aromatic rings. The molecule has 5 nitrogen and oxygen atoms in total. The van der Waals surface area contributed by atoms with E-state index in [-0.39, 0.29) is 17.5 Å². The van der Waals surface area contributed by atoms with Crippen LogP contribution in [-0.4, -0.2) is 49.3 Å². The Morgan fingerprint density at radius 2 is 1.48 bits per heavy atom. The van der Waals surface area contributed by atoms with Gasteiger partial charge in [0, 0.05) is 23.0 Å². The molecule has 144 valence electrons. The fraction of sp³-hybridized carbons (Fsp3) is 0.947. The van der Waals surface area contributed by atoms with Gasteiger partial charge in [-0.3, -0.25) is 4.84 Å². The van der Waals surface area contributed by atoms with E-state index in [1.807, 2.05) is 5.06 Å². The maximum Gasteiger partial charge on any atom is 0.226 e. The smallest absolute Gasteiger partial charge is 0.226 e. The van der Waals surface area contributed by atoms with Gasteiger partial charge in [0.05, 0.1) is 5.54 Å². The average molecular weight is 355 g/mol. The Labute approximate surface area is 151 Å². The van der Waals surface area contributed by atoms with E-state index >= 15 is 4.39 Å². The van der Waals surface area contributed by atoms with Gasteiger partial charge < -0.3 is 5.21 Å². The highest BCUT2D eigenvalue weighted by Crippen LogP contribution is 2.50. The van der Waals surface area contributed by atoms with Gasteiger partial charge in [-0.1, -0.05) is 0 Å². The topological polar surface area (TPSA) is 59.7 Å². The predicted molar refractivity (Wildman–Crippen MR) is 94.6 cm³/mol. The maximum atomic E-state index is 15.4. The van der Waals surface area contributed by atoms with Crippen LogP contribution in [0.15, 0.2) is 0 Å². The summed E-state index contributed by atoms with van der Waals surface area (Å²) in [5.74, 6) is 0. The first-order chi connectivity index (χ1) is 11.1. The summed E-state index contributed by atoms with van der Waals surface area (Å²) in [7, 11) is 0. The highest BCUT2D eigenvalue weighted by molar-refractivity contribution is 5.23. The molecule has 2 fully saturated rings. The van der Waals surface area contributed by atoms with Crippen molar-refractivity contribution in [3.05, 3.63) is 0 Å². The standard InChI is InChI=1S/C19H34FN3O2/c1-15(2)10-9-11-16(3,4)23(15)25-19(13-21)14(20)12-17(5,6)22(24)18(19,7)8/h14,24H,9-12H2,1-8H3. The molecule has 0 spiro atoms. The molecule has 6 heteroatoms. The van der Waals surface area contributed by atoms with E-state index in [1.54, 1.807) is 27.7 Å². The van der Waals surface area contributed by atoms with Crippen LogP contribution in [0.3, 0.4) is 0 Å². The molecule has 0 saturated carbocycles. The molecule has 25 heavy (non-hydrogen) atoms. The molecule has 0 aromatic heterocycles. The highest BCUT2D eigenvalue weighted by atomic mass is 19.1. The molecule has 0 radical (unpaired) electrons. The minimum Gasteiger partial charge on any atom is -0.313 e. The van der Waals surface area contributed by atoms with Crippen molar-refractivity contribution in [2.45, 2.75) is 115 Å². The number of nitrogens with zero attached hydrogens (tertiary/aromatic N) is 3. The van der Waals surface area contributed by atoms with E-state index in [4.69, 9.17) is 4.84 Å². The normalized spacial score (nSPS) is 37.4. The van der Waals surface area contributed by atoms with Crippen LogP contribution in [0.25, 0.3) is 0 Å². The number of rotatable bonds is 2. The Morgan fingerprint density at radius 1 is 1.00 bits per heavy atom. The third kappa shape index (κ3) is 2.99. The largest absolute Gasteiger partial charge is 0.313 e. The zero-order chi connectivity index (χ0) is 19.5. The van der Waals surface area contributed by atoms with Crippen molar-refractivity contribution in [3.63, 3.8) is 0 Å². The second kappa shape index (κ2) is 5.88. The SMILES string of the molecule is CC1(C)CCCC(C)(C)N1OC1(C#N)C(F)CC(C)(C)N(O)C1(C)C. The fourth-order valence-corrected chi connectivity index (χ4v) is 4.73. The number of hydrogen-bond acceptors (Lipinski definition) is 5. The summed E-state index contributed by atoms with van der Waals surface area (Å²) >= 11 is 0. The van der Waals surface area contributed by atoms with Crippen LogP contribution in [-0.2, 0) is 4.84 Å². The van der Waals surface area contributed by atoms with Gasteiger partial charge >= 0.3 is 0 Å². The lowest BCUT2D eigenvalue weighted by Gasteiger charge is -2.61. The summed E-state index contributed by atoms with van der Waals surface area (Å²) in [6.45, 7) is 15.1. The van der Waals surface area contributed by atoms with E-state index in [2.05, 4.69) is 33.8 Å². The van der Waals surface area contributed by atoms with Crippen molar-refractivity contribution in [1.82, 2.24) is 10.1 Å². The lowest BCUT2D eigenvalue weighted by atomic mass is 9.70. The number of hydrogen-bond donors (Lipinski definition) is 1. The van der Waals surface area contributed by atoms with Crippen LogP contribution in [0.2, 0.25) is 0 Å². The van der Waals surface area contributed by atoms with Crippen molar-refractivity contribution in [2.24, 2.45) is 0 Å². The quantitative estimate of drug-likeness (QED) is 0.804. The van der Waals surface area contributed by atoms with Gasteiger partial charge in [0.15, 0.2) is 0 Å². The Kier molecular flexibility index (Phi) is 4.84. The summed E-state index contributed by atoms with van der Waals surface area (Å²) in [4.78, 5) is 6.29. The Morgan fingerprint density at radius 3 is 1.92 bits per heavy atom. The molecular formula is C19H34FN3O2. The van der Waals surface area contributed by atoms with Gasteiger partial charge in [0.2, 0.25) is 5.60 Å². The lowest BCUT2D eigenvalue weighted by Crippen LogP contribution is -2.76. The highest BCUT2D eigenvalue weighted by Gasteiger charge is 2.66. The third-order valence-corrected chi connectivity index (χ3v) is 6.21. The second-order valence-electron chi connectivity index (χ2n) is 10.1. The van der Waals surface area contributed by atoms with Crippen molar-refractivity contribution >= 4 is 0 Å². The molecule has 1 N–H and O–H groups in total. The first-order valence-electron chi connectivity index (χ1n) is 9.18. The van der Waals surface area contributed by atoms with Crippen LogP contribution in [0.4, 0.5) is 4.39 Å². The zero-order valence-corrected chi connectivity index (χ0v) is 17.0. The van der Waals surface area contributed by atoms with Crippen molar-refractivity contribution < 1.29 is 14.4 Å². The number of hydroxylamine groups is 4. The number of alkyl halides is 1. The molecule has 0 amide bonds. The Hall–Kier alpha value is -0.740. The molecule has 2 aliphatic rings. The Bertz CT molecular complexity index is 552. The van der Waals surface area contributed by atoms with Crippen LogP contribution in [0, 0.1) is 11.3 Å². The summed E-state index contributed by atoms with van der Waals surface area (Å²) in [6.07, 6.45) is 1.38. The van der Waals surface area contributed by atoms with Gasteiger partial charge in [-0.05, 0) is 74.7 Å². The van der Waals surface area contributed by atoms with Crippen molar-refractivity contribution in [2.75, 3.05) is 0 Å². The van der Waals surface area contributed by atoms with Crippen molar-refractivity contribution in [1.29, 1.82) is 5.26 Å². The van der Waals surface area contributed by atoms with E-state index in [1.165, 1.54) is 0 Å². The summed E-state index contributed by atoms with van der Waals surface area (Å²) in [6, 6.07) is 2.11. The molecule has 2 saturated heterocycles. The van der Waals surface area contributed by atoms with Gasteiger partial charge in [-0.25, -0.2) is 4.39 Å². The monoisotopic (exact) mass is 355 g/mol. The zero-order valence-electron chi connectivity index (χ0n) is 17.0. The summed E-state index contributed by atoms with van der Waals surface area (Å²) in [5, 5.41) is 23.7. The van der Waals surface area contributed by atoms with E-state index in [0.717, 1.165) is 24.3 Å². The van der Waals surface area contributed by atoms with Gasteiger partial charge in [-0.15, -0.1) is 0 Å². The van der Waals surface area contributed by atoms with Crippen LogP contribution in [0.1, 0.15) is 81.1 Å². The van der Waals surface area contributed by atoms with E-state index in [0.29, 0.717) is 0 Å². The first-order valence-corrected chi connectivity index (χ1v) is 9.18. The Balaban J connectivity index is 2.51. The summed E-state index contributed by atoms with van der Waals surface area (Å²) < 4.78 is 15.4. The number of halogens is 1. The minimum atomic E-state index is -1.79. The second-order valence-corrected chi connectivity index (χ2v) is 10.1. The van der Waals surface area contributed by atoms with Crippen LogP contribution >= 0.6 is 0 Å². The fourth-order valence-electron chi connectivity index (χ4n) is 4.73. The first kappa shape index (κ1) is 20.6. The summed E-state index contributed by atoms with van der Waals surface area (Å²) in [5.41, 5.74) is -4.43. The lowest BCUT2D eigenvalue weighted by molar-refractivity contribution is -0.393. The molecule has 2 atom stereocenters. The molecule has 0 aromatic carbocycles. The van der Waals surface area contributed by atoms with E-state index < -0.39 is 22.9 Å². The van der Waals surface area contributed by atoms with Crippen molar-refractivity contribution in [3.8, 4) is 6.07 Å². The predicted octanol–water partition coefficient (Wildman–Crippen LogP) is 4.21. The van der Waals surface area contributed by atoms with Crippen LogP contribution in [0.5, 0.6) is 0 Å². The molecule has 2 unspecified atom stereocenters. The van der Waals surface area contributed by atoms with Gasteiger partial charge in [-0.2, -0.15) is 15.4 Å². The molecule has 2 heterocycles. The number of nitriles is 1. The molecule has 0 aliphatic carbocycles. The van der Waals surface area contributed by atoms with Gasteiger partial charge in [0.1, 0.15) is 12.2 Å². The molecule has 2 rings (SSSR count). The van der Waals surface area contributed by atoms with Gasteiger partial charge in [0.25, 0.3) is 0 Å².